The van der Waals surface area contributed by atoms with Crippen LogP contribution in [0.25, 0.3) is 0 Å². The number of hydrogen-bond donors (Lipinski definition) is 1. The summed E-state index contributed by atoms with van der Waals surface area (Å²) in [7, 11) is 1.49. The summed E-state index contributed by atoms with van der Waals surface area (Å²) in [6, 6.07) is 12.7. The van der Waals surface area contributed by atoms with Gasteiger partial charge >= 0.3 is 11.9 Å². The van der Waals surface area contributed by atoms with Crippen LogP contribution in [-0.2, 0) is 6.18 Å². The molecule has 0 bridgehead atoms. The Morgan fingerprint density at radius 1 is 1.06 bits per heavy atom. The van der Waals surface area contributed by atoms with Gasteiger partial charge in [-0.1, -0.05) is 0 Å². The first kappa shape index (κ1) is 26.0. The van der Waals surface area contributed by atoms with Crippen LogP contribution in [-0.4, -0.2) is 30.8 Å². The lowest BCUT2D eigenvalue weighted by atomic mass is 10.2. The summed E-state index contributed by atoms with van der Waals surface area (Å²) >= 11 is 0. The fraction of sp³-hybridized carbons (Fsp3) is 0.167. The predicted octanol–water partition coefficient (Wildman–Crippen LogP) is 5.58. The molecule has 0 heterocycles. The number of nitrogens with zero attached hydrogens (tertiary/aromatic N) is 2. The van der Waals surface area contributed by atoms with Crippen molar-refractivity contribution in [2.75, 3.05) is 13.7 Å². The summed E-state index contributed by atoms with van der Waals surface area (Å²) in [4.78, 5) is 22.6. The largest absolute Gasteiger partial charge is 0.493 e. The van der Waals surface area contributed by atoms with Crippen molar-refractivity contribution in [1.82, 2.24) is 5.43 Å². The zero-order valence-corrected chi connectivity index (χ0v) is 19.0. The van der Waals surface area contributed by atoms with Crippen LogP contribution in [0.15, 0.2) is 65.8 Å². The van der Waals surface area contributed by atoms with E-state index in [0.29, 0.717) is 41.4 Å². The molecular formula is C24H20F3N3O6. The Bertz CT molecular complexity index is 1280. The third-order valence-corrected chi connectivity index (χ3v) is 4.70. The highest BCUT2D eigenvalue weighted by molar-refractivity contribution is 5.95. The van der Waals surface area contributed by atoms with Gasteiger partial charge in [0.1, 0.15) is 5.75 Å². The Kier molecular flexibility index (Phi) is 8.10. The van der Waals surface area contributed by atoms with Crippen molar-refractivity contribution in [3.05, 3.63) is 87.5 Å². The van der Waals surface area contributed by atoms with E-state index in [1.54, 1.807) is 31.2 Å². The highest BCUT2D eigenvalue weighted by atomic mass is 19.4. The average molecular weight is 503 g/mol. The molecule has 1 N–H and O–H groups in total. The van der Waals surface area contributed by atoms with E-state index in [4.69, 9.17) is 14.2 Å². The number of methoxy groups -OCH3 is 1. The average Bonchev–Trinajstić information content (AvgIpc) is 2.84. The first-order valence-corrected chi connectivity index (χ1v) is 10.4. The zero-order chi connectivity index (χ0) is 26.3. The Labute approximate surface area is 203 Å². The topological polar surface area (TPSA) is 112 Å². The summed E-state index contributed by atoms with van der Waals surface area (Å²) in [5.74, 6) is 0.235. The minimum absolute atomic E-state index is 0.153. The van der Waals surface area contributed by atoms with Gasteiger partial charge in [-0.15, -0.1) is 0 Å². The molecule has 9 nitrogen and oxygen atoms in total. The molecule has 0 aliphatic rings. The van der Waals surface area contributed by atoms with E-state index in [1.165, 1.54) is 31.5 Å². The summed E-state index contributed by atoms with van der Waals surface area (Å²) in [6.45, 7) is 2.20. The number of hydrogen-bond acceptors (Lipinski definition) is 7. The maximum Gasteiger partial charge on any atom is 0.416 e. The molecule has 188 valence electrons. The van der Waals surface area contributed by atoms with Gasteiger partial charge in [-0.05, 0) is 67.1 Å². The van der Waals surface area contributed by atoms with E-state index >= 15 is 0 Å². The normalized spacial score (nSPS) is 11.2. The minimum Gasteiger partial charge on any atom is -0.493 e. The predicted molar refractivity (Wildman–Crippen MR) is 124 cm³/mol. The zero-order valence-electron chi connectivity index (χ0n) is 19.0. The van der Waals surface area contributed by atoms with E-state index in [-0.39, 0.29) is 11.5 Å². The van der Waals surface area contributed by atoms with Crippen molar-refractivity contribution in [3.8, 4) is 23.0 Å². The number of nitro benzene ring substituents is 1. The number of alkyl halides is 3. The number of rotatable bonds is 9. The molecule has 36 heavy (non-hydrogen) atoms. The van der Waals surface area contributed by atoms with Crippen molar-refractivity contribution in [1.29, 1.82) is 0 Å². The molecule has 0 unspecified atom stereocenters. The van der Waals surface area contributed by atoms with Crippen molar-refractivity contribution >= 4 is 17.8 Å². The lowest BCUT2D eigenvalue weighted by Crippen LogP contribution is -2.17. The molecule has 12 heteroatoms. The molecule has 0 saturated carbocycles. The molecular weight excluding hydrogens is 483 g/mol. The van der Waals surface area contributed by atoms with Gasteiger partial charge in [0.2, 0.25) is 5.75 Å². The van der Waals surface area contributed by atoms with Gasteiger partial charge in [0.25, 0.3) is 5.91 Å². The summed E-state index contributed by atoms with van der Waals surface area (Å²) in [5, 5.41) is 15.1. The van der Waals surface area contributed by atoms with E-state index in [1.807, 2.05) is 0 Å². The smallest absolute Gasteiger partial charge is 0.416 e. The Morgan fingerprint density at radius 3 is 2.36 bits per heavy atom. The van der Waals surface area contributed by atoms with E-state index in [0.717, 1.165) is 6.07 Å². The molecule has 0 fully saturated rings. The lowest BCUT2D eigenvalue weighted by Gasteiger charge is -2.10. The maximum absolute atomic E-state index is 12.8. The van der Waals surface area contributed by atoms with Crippen LogP contribution < -0.4 is 19.6 Å². The molecule has 0 aromatic heterocycles. The van der Waals surface area contributed by atoms with Gasteiger partial charge in [-0.25, -0.2) is 5.43 Å². The van der Waals surface area contributed by atoms with Crippen LogP contribution in [0.1, 0.15) is 28.4 Å². The third kappa shape index (κ3) is 6.50. The number of nitrogens with one attached hydrogen (secondary N) is 1. The number of carbonyl (C=O) groups is 1. The second-order valence-electron chi connectivity index (χ2n) is 7.11. The Hall–Kier alpha value is -4.61. The maximum atomic E-state index is 12.8. The number of benzene rings is 3. The number of carbonyl (C=O) groups excluding carboxylic acids is 1. The quantitative estimate of drug-likeness (QED) is 0.232. The molecule has 0 saturated heterocycles. The third-order valence-electron chi connectivity index (χ3n) is 4.70. The van der Waals surface area contributed by atoms with E-state index in [9.17, 15) is 28.1 Å². The molecule has 3 rings (SSSR count). The van der Waals surface area contributed by atoms with Crippen molar-refractivity contribution in [2.24, 2.45) is 5.10 Å². The molecule has 0 aliphatic carbocycles. The van der Waals surface area contributed by atoms with Gasteiger partial charge in [0, 0.05) is 11.6 Å². The Morgan fingerprint density at radius 2 is 1.75 bits per heavy atom. The van der Waals surface area contributed by atoms with Crippen LogP contribution in [0.2, 0.25) is 0 Å². The van der Waals surface area contributed by atoms with Crippen LogP contribution in [0.5, 0.6) is 23.0 Å². The number of halogens is 3. The number of hydrazone groups is 1. The highest BCUT2D eigenvalue weighted by Gasteiger charge is 2.33. The van der Waals surface area contributed by atoms with Crippen LogP contribution in [0.4, 0.5) is 18.9 Å². The minimum atomic E-state index is -4.72. The molecule has 3 aromatic carbocycles. The van der Waals surface area contributed by atoms with Gasteiger partial charge in [-0.3, -0.25) is 14.9 Å². The molecule has 1 amide bonds. The SMILES string of the molecule is CCOc1cc(C(=O)N/N=C/c2ccc(Oc3ccc(C(F)(F)F)cc3[N+](=O)[O-])cc2)ccc1OC. The summed E-state index contributed by atoms with van der Waals surface area (Å²) in [5.41, 5.74) is 1.27. The monoisotopic (exact) mass is 503 g/mol. The Balaban J connectivity index is 1.66. The van der Waals surface area contributed by atoms with E-state index in [2.05, 4.69) is 10.5 Å². The van der Waals surface area contributed by atoms with Crippen molar-refractivity contribution in [3.63, 3.8) is 0 Å². The highest BCUT2D eigenvalue weighted by Crippen LogP contribution is 2.37. The lowest BCUT2D eigenvalue weighted by molar-refractivity contribution is -0.385. The van der Waals surface area contributed by atoms with Gasteiger partial charge < -0.3 is 14.2 Å². The number of nitro groups is 1. The fourth-order valence-electron chi connectivity index (χ4n) is 2.99. The van der Waals surface area contributed by atoms with Gasteiger partial charge in [0.15, 0.2) is 11.5 Å². The van der Waals surface area contributed by atoms with Crippen molar-refractivity contribution < 1.29 is 37.1 Å². The van der Waals surface area contributed by atoms with Crippen LogP contribution in [0.3, 0.4) is 0 Å². The number of amides is 1. The standard InChI is InChI=1S/C24H20F3N3O6/c1-3-35-22-12-16(6-10-21(22)34-2)23(31)29-28-14-15-4-8-18(9-5-15)36-20-11-7-17(24(25,26)27)13-19(20)30(32)33/h4-14H,3H2,1-2H3,(H,29,31)/b28-14+. The molecule has 0 atom stereocenters. The van der Waals surface area contributed by atoms with Crippen LogP contribution >= 0.6 is 0 Å². The van der Waals surface area contributed by atoms with E-state index < -0.39 is 28.3 Å². The van der Waals surface area contributed by atoms with Gasteiger partial charge in [-0.2, -0.15) is 18.3 Å². The molecule has 0 spiro atoms. The molecule has 3 aromatic rings. The molecule has 0 radical (unpaired) electrons. The number of ether oxygens (including phenoxy) is 3. The first-order valence-electron chi connectivity index (χ1n) is 10.4. The van der Waals surface area contributed by atoms with Gasteiger partial charge in [0.05, 0.1) is 30.4 Å². The molecule has 0 aliphatic heterocycles. The first-order chi connectivity index (χ1) is 17.1. The van der Waals surface area contributed by atoms with Crippen LogP contribution in [0, 0.1) is 10.1 Å². The fourth-order valence-corrected chi connectivity index (χ4v) is 2.99. The summed E-state index contributed by atoms with van der Waals surface area (Å²) < 4.78 is 54.6. The second kappa shape index (κ2) is 11.2. The van der Waals surface area contributed by atoms with Crippen molar-refractivity contribution in [2.45, 2.75) is 13.1 Å². The summed E-state index contributed by atoms with van der Waals surface area (Å²) in [6.07, 6.45) is -3.37. The second-order valence-corrected chi connectivity index (χ2v) is 7.11.